The van der Waals surface area contributed by atoms with Crippen molar-refractivity contribution in [2.75, 3.05) is 13.7 Å². The topological polar surface area (TPSA) is 110 Å². The predicted octanol–water partition coefficient (Wildman–Crippen LogP) is 1.84. The number of hydrogen-bond acceptors (Lipinski definition) is 5. The van der Waals surface area contributed by atoms with Gasteiger partial charge >= 0.3 is 11.9 Å². The minimum atomic E-state index is -1.22. The van der Waals surface area contributed by atoms with Crippen LogP contribution in [0.2, 0.25) is 0 Å². The highest BCUT2D eigenvalue weighted by atomic mass is 16.5. The van der Waals surface area contributed by atoms with Gasteiger partial charge in [-0.2, -0.15) is 0 Å². The lowest BCUT2D eigenvalue weighted by Gasteiger charge is -2.34. The van der Waals surface area contributed by atoms with Crippen molar-refractivity contribution >= 4 is 17.8 Å². The fourth-order valence-corrected chi connectivity index (χ4v) is 2.66. The van der Waals surface area contributed by atoms with Gasteiger partial charge in [0.1, 0.15) is 6.04 Å². The van der Waals surface area contributed by atoms with Gasteiger partial charge in [-0.25, -0.2) is 4.79 Å². The van der Waals surface area contributed by atoms with E-state index in [4.69, 9.17) is 15.6 Å². The maximum atomic E-state index is 12.9. The molecule has 150 valence electrons. The smallest absolute Gasteiger partial charge is 0.328 e. The first kappa shape index (κ1) is 22.6. The number of esters is 1. The third-order valence-electron chi connectivity index (χ3n) is 4.22. The van der Waals surface area contributed by atoms with Gasteiger partial charge in [-0.3, -0.25) is 9.59 Å². The Morgan fingerprint density at radius 1 is 1.19 bits per heavy atom. The van der Waals surface area contributed by atoms with Crippen LogP contribution >= 0.6 is 0 Å². The summed E-state index contributed by atoms with van der Waals surface area (Å²) in [5, 5.41) is 8.96. The Bertz CT molecular complexity index is 640. The van der Waals surface area contributed by atoms with Gasteiger partial charge in [0.25, 0.3) is 0 Å². The molecule has 0 fully saturated rings. The summed E-state index contributed by atoms with van der Waals surface area (Å²) >= 11 is 0. The first-order chi connectivity index (χ1) is 12.5. The van der Waals surface area contributed by atoms with Crippen molar-refractivity contribution in [3.8, 4) is 0 Å². The van der Waals surface area contributed by atoms with Crippen LogP contribution in [0.3, 0.4) is 0 Å². The van der Waals surface area contributed by atoms with Crippen LogP contribution in [0.25, 0.3) is 0 Å². The maximum absolute atomic E-state index is 12.9. The molecule has 27 heavy (non-hydrogen) atoms. The summed E-state index contributed by atoms with van der Waals surface area (Å²) in [4.78, 5) is 37.7. The van der Waals surface area contributed by atoms with Gasteiger partial charge in [-0.05, 0) is 17.4 Å². The van der Waals surface area contributed by atoms with Crippen LogP contribution in [0.15, 0.2) is 30.3 Å². The maximum Gasteiger partial charge on any atom is 0.328 e. The van der Waals surface area contributed by atoms with Crippen molar-refractivity contribution in [3.05, 3.63) is 35.9 Å². The van der Waals surface area contributed by atoms with E-state index in [0.717, 1.165) is 5.56 Å². The van der Waals surface area contributed by atoms with Gasteiger partial charge in [0, 0.05) is 13.0 Å². The second-order valence-electron chi connectivity index (χ2n) is 7.78. The molecule has 1 aromatic carbocycles. The molecule has 7 nitrogen and oxygen atoms in total. The summed E-state index contributed by atoms with van der Waals surface area (Å²) in [5.74, 6) is -2.28. The lowest BCUT2D eigenvalue weighted by molar-refractivity contribution is -0.154. The molecule has 1 rings (SSSR count). The zero-order chi connectivity index (χ0) is 20.6. The minimum Gasteiger partial charge on any atom is -0.481 e. The third kappa shape index (κ3) is 7.78. The molecule has 0 radical (unpaired) electrons. The second-order valence-corrected chi connectivity index (χ2v) is 7.78. The molecule has 1 aromatic rings. The highest BCUT2D eigenvalue weighted by molar-refractivity contribution is 5.90. The van der Waals surface area contributed by atoms with Crippen LogP contribution in [-0.2, 0) is 25.5 Å². The lowest BCUT2D eigenvalue weighted by Crippen LogP contribution is -2.53. The Morgan fingerprint density at radius 2 is 1.78 bits per heavy atom. The number of nitrogens with two attached hydrogens (primary N) is 1. The van der Waals surface area contributed by atoms with Gasteiger partial charge < -0.3 is 20.5 Å². The number of carbonyl (C=O) groups excluding carboxylic acids is 2. The van der Waals surface area contributed by atoms with Crippen LogP contribution in [0.1, 0.15) is 39.2 Å². The highest BCUT2D eigenvalue weighted by Gasteiger charge is 2.34. The quantitative estimate of drug-likeness (QED) is 0.635. The van der Waals surface area contributed by atoms with Crippen molar-refractivity contribution in [1.82, 2.24) is 4.90 Å². The number of carbonyl (C=O) groups is 3. The standard InChI is InChI=1S/C20H30N2O5/c1-20(2,3)10-11-22(18(25)15(21)13-17(23)24)16(19(26)27-4)12-14-8-6-5-7-9-14/h5-9,15-16H,10-13,21H2,1-4H3,(H,23,24)/t15-,16-/m0/s1. The Balaban J connectivity index is 3.16. The average Bonchev–Trinajstić information content (AvgIpc) is 2.59. The van der Waals surface area contributed by atoms with E-state index < -0.39 is 36.4 Å². The van der Waals surface area contributed by atoms with Crippen molar-refractivity contribution in [3.63, 3.8) is 0 Å². The summed E-state index contributed by atoms with van der Waals surface area (Å²) in [7, 11) is 1.27. The number of hydrogen-bond donors (Lipinski definition) is 2. The molecule has 0 saturated heterocycles. The lowest BCUT2D eigenvalue weighted by atomic mass is 9.91. The third-order valence-corrected chi connectivity index (χ3v) is 4.22. The summed E-state index contributed by atoms with van der Waals surface area (Å²) in [6.45, 7) is 6.35. The van der Waals surface area contributed by atoms with Gasteiger partial charge in [-0.15, -0.1) is 0 Å². The van der Waals surface area contributed by atoms with Gasteiger partial charge in [-0.1, -0.05) is 51.1 Å². The van der Waals surface area contributed by atoms with Crippen LogP contribution in [0.4, 0.5) is 0 Å². The fraction of sp³-hybridized carbons (Fsp3) is 0.550. The molecule has 0 aromatic heterocycles. The Kier molecular flexibility index (Phi) is 8.43. The zero-order valence-corrected chi connectivity index (χ0v) is 16.5. The SMILES string of the molecule is COC(=O)[C@H](Cc1ccccc1)N(CCC(C)(C)C)C(=O)[C@@H](N)CC(=O)O. The molecule has 2 atom stereocenters. The number of methoxy groups -OCH3 is 1. The van der Waals surface area contributed by atoms with Gasteiger partial charge in [0.05, 0.1) is 19.6 Å². The van der Waals surface area contributed by atoms with E-state index in [0.29, 0.717) is 6.42 Å². The van der Waals surface area contributed by atoms with Gasteiger partial charge in [0.2, 0.25) is 5.91 Å². The number of ether oxygens (including phenoxy) is 1. The average molecular weight is 378 g/mol. The summed E-state index contributed by atoms with van der Waals surface area (Å²) in [6, 6.07) is 7.20. The second kappa shape index (κ2) is 10.1. The number of aliphatic carboxylic acids is 1. The minimum absolute atomic E-state index is 0.0805. The van der Waals surface area contributed by atoms with E-state index in [9.17, 15) is 14.4 Å². The van der Waals surface area contributed by atoms with E-state index in [-0.39, 0.29) is 18.4 Å². The number of amides is 1. The number of carboxylic acids is 1. The monoisotopic (exact) mass is 378 g/mol. The van der Waals surface area contributed by atoms with E-state index in [2.05, 4.69) is 0 Å². The number of rotatable bonds is 9. The zero-order valence-electron chi connectivity index (χ0n) is 16.5. The Hall–Kier alpha value is -2.41. The number of benzene rings is 1. The summed E-state index contributed by atoms with van der Waals surface area (Å²) in [6.07, 6.45) is 0.397. The van der Waals surface area contributed by atoms with Crippen LogP contribution < -0.4 is 5.73 Å². The molecule has 7 heteroatoms. The number of carboxylic acid groups (broad SMARTS) is 1. The molecular formula is C20H30N2O5. The normalized spacial score (nSPS) is 13.5. The first-order valence-corrected chi connectivity index (χ1v) is 8.94. The van der Waals surface area contributed by atoms with E-state index in [1.54, 1.807) is 0 Å². The molecule has 0 unspecified atom stereocenters. The van der Waals surface area contributed by atoms with Crippen molar-refractivity contribution in [2.24, 2.45) is 11.1 Å². The van der Waals surface area contributed by atoms with E-state index in [1.165, 1.54) is 12.0 Å². The number of nitrogens with zero attached hydrogens (tertiary/aromatic N) is 1. The van der Waals surface area contributed by atoms with Crippen LogP contribution in [0, 0.1) is 5.41 Å². The van der Waals surface area contributed by atoms with E-state index >= 15 is 0 Å². The van der Waals surface area contributed by atoms with Gasteiger partial charge in [0.15, 0.2) is 0 Å². The Morgan fingerprint density at radius 3 is 2.26 bits per heavy atom. The Labute approximate surface area is 160 Å². The fourth-order valence-electron chi connectivity index (χ4n) is 2.66. The molecule has 3 N–H and O–H groups in total. The van der Waals surface area contributed by atoms with Crippen LogP contribution in [-0.4, -0.2) is 53.6 Å². The molecule has 0 spiro atoms. The van der Waals surface area contributed by atoms with Crippen molar-refractivity contribution in [1.29, 1.82) is 0 Å². The first-order valence-electron chi connectivity index (χ1n) is 8.94. The van der Waals surface area contributed by atoms with Crippen molar-refractivity contribution in [2.45, 2.75) is 52.1 Å². The summed E-state index contributed by atoms with van der Waals surface area (Å²) in [5.41, 5.74) is 6.60. The molecule has 0 heterocycles. The molecule has 1 amide bonds. The summed E-state index contributed by atoms with van der Waals surface area (Å²) < 4.78 is 4.92. The molecule has 0 aliphatic heterocycles. The molecule has 0 aliphatic rings. The van der Waals surface area contributed by atoms with Crippen LogP contribution in [0.5, 0.6) is 0 Å². The highest BCUT2D eigenvalue weighted by Crippen LogP contribution is 2.21. The van der Waals surface area contributed by atoms with E-state index in [1.807, 2.05) is 51.1 Å². The largest absolute Gasteiger partial charge is 0.481 e. The molecule has 0 bridgehead atoms. The predicted molar refractivity (Wildman–Crippen MR) is 102 cm³/mol. The molecular weight excluding hydrogens is 348 g/mol. The van der Waals surface area contributed by atoms with Crippen molar-refractivity contribution < 1.29 is 24.2 Å². The molecule has 0 aliphatic carbocycles. The molecule has 0 saturated carbocycles.